The fourth-order valence-electron chi connectivity index (χ4n) is 2.13. The van der Waals surface area contributed by atoms with Crippen LogP contribution in [0.2, 0.25) is 10.0 Å². The molecule has 0 N–H and O–H groups in total. The molecule has 0 aliphatic heterocycles. The number of rotatable bonds is 8. The van der Waals surface area contributed by atoms with E-state index in [0.29, 0.717) is 35.4 Å². The van der Waals surface area contributed by atoms with E-state index in [0.717, 1.165) is 16.6 Å². The molecule has 25 heavy (non-hydrogen) atoms. The van der Waals surface area contributed by atoms with E-state index in [4.69, 9.17) is 32.7 Å². The van der Waals surface area contributed by atoms with Gasteiger partial charge in [0.1, 0.15) is 12.4 Å². The fraction of sp³-hybridized carbons (Fsp3) is 0.278. The zero-order valence-electron chi connectivity index (χ0n) is 14.6. The number of hydrogen-bond acceptors (Lipinski definition) is 3. The first-order chi connectivity index (χ1) is 11.5. The summed E-state index contributed by atoms with van der Waals surface area (Å²) in [7, 11) is -0.0420. The van der Waals surface area contributed by atoms with Crippen LogP contribution in [-0.4, -0.2) is 44.2 Å². The smallest absolute Gasteiger partial charge is 0.188 e. The summed E-state index contributed by atoms with van der Waals surface area (Å²) in [4.78, 5) is 12.5. The summed E-state index contributed by atoms with van der Waals surface area (Å²) >= 11 is 12.2. The Labute approximate surface area is 172 Å². The Morgan fingerprint density at radius 1 is 1.12 bits per heavy atom. The van der Waals surface area contributed by atoms with E-state index < -0.39 is 0 Å². The molecule has 0 aliphatic carbocycles. The van der Waals surface area contributed by atoms with Gasteiger partial charge in [0, 0.05) is 25.5 Å². The van der Waals surface area contributed by atoms with Crippen LogP contribution >= 0.6 is 31.8 Å². The molecule has 0 amide bonds. The number of carbonyl (C=O) groups excluding carboxylic acids is 1. The summed E-state index contributed by atoms with van der Waals surface area (Å²) in [5.74, 6) is 0.768. The minimum Gasteiger partial charge on any atom is -0.491 e. The van der Waals surface area contributed by atoms with Crippen molar-refractivity contribution in [2.75, 3.05) is 19.8 Å². The molecule has 3 nitrogen and oxygen atoms in total. The number of benzene rings is 2. The Bertz CT molecular complexity index is 705. The van der Waals surface area contributed by atoms with Crippen molar-refractivity contribution >= 4 is 61.5 Å². The van der Waals surface area contributed by atoms with Crippen LogP contribution in [0.1, 0.15) is 22.8 Å². The van der Waals surface area contributed by atoms with Crippen LogP contribution < -0.4 is 10.0 Å². The van der Waals surface area contributed by atoms with Crippen molar-refractivity contribution in [3.05, 3.63) is 57.6 Å². The first-order valence-corrected chi connectivity index (χ1v) is 9.35. The van der Waals surface area contributed by atoms with Crippen molar-refractivity contribution < 1.29 is 14.3 Å². The number of hydrogen-bond donors (Lipinski definition) is 0. The summed E-state index contributed by atoms with van der Waals surface area (Å²) < 4.78 is 10.9. The quantitative estimate of drug-likeness (QED) is 0.378. The van der Waals surface area contributed by atoms with E-state index in [2.05, 4.69) is 0 Å². The topological polar surface area (TPSA) is 35.5 Å². The van der Waals surface area contributed by atoms with Crippen LogP contribution in [0, 0.1) is 6.92 Å². The molecule has 0 spiro atoms. The molecule has 0 saturated carbocycles. The van der Waals surface area contributed by atoms with Crippen LogP contribution in [0.4, 0.5) is 0 Å². The maximum atomic E-state index is 12.5. The minimum atomic E-state index is -0.0706. The van der Waals surface area contributed by atoms with Crippen molar-refractivity contribution in [3.8, 4) is 5.75 Å². The molecule has 7 heteroatoms. The van der Waals surface area contributed by atoms with Gasteiger partial charge in [0.05, 0.1) is 22.2 Å². The van der Waals surface area contributed by atoms with Crippen LogP contribution in [0.25, 0.3) is 0 Å². The van der Waals surface area contributed by atoms with Crippen LogP contribution in [0.5, 0.6) is 5.75 Å². The van der Waals surface area contributed by atoms with Gasteiger partial charge in [0.15, 0.2) is 5.52 Å². The van der Waals surface area contributed by atoms with Gasteiger partial charge in [-0.15, -0.1) is 0 Å². The zero-order valence-corrected chi connectivity index (χ0v) is 17.1. The monoisotopic (exact) mass is 391 g/mol. The van der Waals surface area contributed by atoms with E-state index in [9.17, 15) is 4.79 Å². The van der Waals surface area contributed by atoms with Crippen LogP contribution in [0.15, 0.2) is 36.4 Å². The molecule has 0 heterocycles. The Morgan fingerprint density at radius 2 is 1.80 bits per heavy atom. The van der Waals surface area contributed by atoms with Gasteiger partial charge in [-0.3, -0.25) is 4.79 Å². The molecule has 2 aromatic carbocycles. The molecular weight excluding hydrogens is 373 g/mol. The van der Waals surface area contributed by atoms with Gasteiger partial charge in [-0.1, -0.05) is 35.3 Å². The average molecular weight is 392 g/mol. The molecular formula is C18H19Cl2LiO3P. The molecule has 129 valence electrons. The van der Waals surface area contributed by atoms with Gasteiger partial charge >= 0.3 is 0 Å². The van der Waals surface area contributed by atoms with E-state index in [-0.39, 0.29) is 33.0 Å². The van der Waals surface area contributed by atoms with E-state index in [1.807, 2.05) is 32.0 Å². The van der Waals surface area contributed by atoms with E-state index >= 15 is 0 Å². The number of carbonyl (C=O) groups is 1. The summed E-state index contributed by atoms with van der Waals surface area (Å²) in [5, 5.41) is 1.72. The van der Waals surface area contributed by atoms with Crippen molar-refractivity contribution in [2.24, 2.45) is 0 Å². The summed E-state index contributed by atoms with van der Waals surface area (Å²) in [6, 6.07) is 10.8. The second-order valence-corrected chi connectivity index (χ2v) is 7.13. The van der Waals surface area contributed by atoms with Crippen molar-refractivity contribution in [2.45, 2.75) is 13.8 Å². The maximum absolute atomic E-state index is 12.5. The van der Waals surface area contributed by atoms with E-state index in [1.165, 1.54) is 0 Å². The Balaban J connectivity index is 0.00000312. The molecule has 2 rings (SSSR count). The normalized spacial score (nSPS) is 10.7. The second-order valence-electron chi connectivity index (χ2n) is 5.07. The van der Waals surface area contributed by atoms with Crippen LogP contribution in [0.3, 0.4) is 0 Å². The predicted molar refractivity (Wildman–Crippen MR) is 108 cm³/mol. The van der Waals surface area contributed by atoms with Gasteiger partial charge < -0.3 is 9.47 Å². The van der Waals surface area contributed by atoms with Crippen molar-refractivity contribution in [3.63, 3.8) is 0 Å². The Morgan fingerprint density at radius 3 is 2.40 bits per heavy atom. The molecule has 0 fully saturated rings. The molecule has 1 radical (unpaired) electrons. The van der Waals surface area contributed by atoms with Gasteiger partial charge in [-0.2, -0.15) is 0 Å². The van der Waals surface area contributed by atoms with Gasteiger partial charge in [0.25, 0.3) is 0 Å². The van der Waals surface area contributed by atoms with Gasteiger partial charge in [0.2, 0.25) is 0 Å². The molecule has 0 saturated heterocycles. The summed E-state index contributed by atoms with van der Waals surface area (Å²) in [5.41, 5.74) is 1.31. The number of ether oxygens (including phenoxy) is 2. The third-order valence-corrected chi connectivity index (χ3v) is 5.27. The SMILES string of the molecule is CCOCCOc1ccc(PC(=O)c2c(Cl)cccc2Cl)c(C)c1.[Li]. The first kappa shape index (κ1) is 22.5. The predicted octanol–water partition coefficient (Wildman–Crippen LogP) is 4.48. The fourth-order valence-corrected chi connectivity index (χ4v) is 3.93. The molecule has 2 aromatic rings. The van der Waals surface area contributed by atoms with Gasteiger partial charge in [-0.05, 0) is 57.6 Å². The molecule has 0 bridgehead atoms. The first-order valence-electron chi connectivity index (χ1n) is 7.59. The van der Waals surface area contributed by atoms with Gasteiger partial charge in [-0.25, -0.2) is 0 Å². The average Bonchev–Trinajstić information content (AvgIpc) is 2.54. The second kappa shape index (κ2) is 11.2. The van der Waals surface area contributed by atoms with Crippen molar-refractivity contribution in [1.29, 1.82) is 0 Å². The molecule has 1 atom stereocenters. The summed E-state index contributed by atoms with van der Waals surface area (Å²) in [6.07, 6.45) is 0. The third kappa shape index (κ3) is 6.61. The summed E-state index contributed by atoms with van der Waals surface area (Å²) in [6.45, 7) is 5.64. The largest absolute Gasteiger partial charge is 0.491 e. The molecule has 1 unspecified atom stereocenters. The van der Waals surface area contributed by atoms with Crippen molar-refractivity contribution in [1.82, 2.24) is 0 Å². The zero-order chi connectivity index (χ0) is 17.5. The molecule has 0 aliphatic rings. The minimum absolute atomic E-state index is 0. The molecule has 0 aromatic heterocycles. The Hall–Kier alpha value is -0.523. The van der Waals surface area contributed by atoms with E-state index in [1.54, 1.807) is 18.2 Å². The number of aryl methyl sites for hydroxylation is 1. The van der Waals surface area contributed by atoms with Crippen LogP contribution in [-0.2, 0) is 4.74 Å². The maximum Gasteiger partial charge on any atom is 0.188 e. The number of halogens is 2. The third-order valence-electron chi connectivity index (χ3n) is 3.34. The Kier molecular flexibility index (Phi) is 10.1. The standard InChI is InChI=1S/C18H19Cl2O3P.Li/c1-3-22-9-10-23-13-7-8-16(12(2)11-13)24-18(21)17-14(19)5-4-6-15(17)20;/h4-8,11,24H,3,9-10H2,1-2H3;.